The van der Waals surface area contributed by atoms with Crippen molar-refractivity contribution in [3.05, 3.63) is 53.8 Å². The molecule has 1 N–H and O–H groups in total. The molecule has 0 amide bonds. The van der Waals surface area contributed by atoms with Crippen LogP contribution in [0.15, 0.2) is 42.5 Å². The number of alkyl halides is 4. The van der Waals surface area contributed by atoms with E-state index in [2.05, 4.69) is 32.3 Å². The van der Waals surface area contributed by atoms with Gasteiger partial charge in [0.2, 0.25) is 0 Å². The Hall–Kier alpha value is -3.74. The third kappa shape index (κ3) is 4.44. The van der Waals surface area contributed by atoms with Crippen molar-refractivity contribution in [1.82, 2.24) is 19.6 Å². The number of nitrogens with zero attached hydrogens (tertiary/aromatic N) is 4. The minimum atomic E-state index is -2.66. The molecule has 0 bridgehead atoms. The van der Waals surface area contributed by atoms with Gasteiger partial charge in [-0.25, -0.2) is 22.0 Å². The Kier molecular flexibility index (Phi) is 5.89. The average molecular weight is 459 g/mol. The van der Waals surface area contributed by atoms with E-state index in [9.17, 15) is 22.0 Å². The van der Waals surface area contributed by atoms with Crippen molar-refractivity contribution in [2.45, 2.75) is 26.7 Å². The maximum atomic E-state index is 14.7. The van der Waals surface area contributed by atoms with Crippen molar-refractivity contribution in [2.75, 3.05) is 11.9 Å². The summed E-state index contributed by atoms with van der Waals surface area (Å²) < 4.78 is 67.8. The van der Waals surface area contributed by atoms with Gasteiger partial charge >= 0.3 is 0 Å². The van der Waals surface area contributed by atoms with Crippen molar-refractivity contribution in [1.29, 1.82) is 0 Å². The van der Waals surface area contributed by atoms with E-state index in [1.165, 1.54) is 30.4 Å². The molecule has 4 rings (SSSR count). The van der Waals surface area contributed by atoms with Crippen LogP contribution in [0.1, 0.15) is 19.4 Å². The summed E-state index contributed by atoms with van der Waals surface area (Å²) >= 11 is 0. The van der Waals surface area contributed by atoms with E-state index >= 15 is 0 Å². The first-order valence-corrected chi connectivity index (χ1v) is 9.94. The van der Waals surface area contributed by atoms with E-state index in [0.29, 0.717) is 22.5 Å². The van der Waals surface area contributed by atoms with E-state index in [1.54, 1.807) is 30.3 Å². The molecule has 0 atom stereocenters. The lowest BCUT2D eigenvalue weighted by Gasteiger charge is -2.15. The van der Waals surface area contributed by atoms with E-state index in [4.69, 9.17) is 0 Å². The lowest BCUT2D eigenvalue weighted by Crippen LogP contribution is -2.19. The van der Waals surface area contributed by atoms with Gasteiger partial charge in [-0.2, -0.15) is 4.98 Å². The summed E-state index contributed by atoms with van der Waals surface area (Å²) in [5.74, 6) is 5.01. The number of halogens is 5. The predicted molar refractivity (Wildman–Crippen MR) is 115 cm³/mol. The van der Waals surface area contributed by atoms with Crippen LogP contribution in [0.4, 0.5) is 27.8 Å². The topological polar surface area (TPSA) is 55.1 Å². The number of aromatic nitrogens is 4. The molecule has 0 radical (unpaired) electrons. The molecule has 0 saturated heterocycles. The zero-order valence-electron chi connectivity index (χ0n) is 17.6. The highest BCUT2D eigenvalue weighted by atomic mass is 19.3. The SMILES string of the molecule is CC(C)(C#Cc1cccc(-c2nnc3nc(NCC(F)F)c4c(F)cccc4n23)c1)C(F)F. The molecule has 0 aliphatic heterocycles. The fourth-order valence-corrected chi connectivity index (χ4v) is 3.17. The zero-order valence-corrected chi connectivity index (χ0v) is 17.6. The minimum Gasteiger partial charge on any atom is -0.364 e. The highest BCUT2D eigenvalue weighted by Gasteiger charge is 2.27. The second-order valence-corrected chi connectivity index (χ2v) is 7.88. The van der Waals surface area contributed by atoms with E-state index < -0.39 is 30.6 Å². The number of rotatable bonds is 5. The fourth-order valence-electron chi connectivity index (χ4n) is 3.17. The Balaban J connectivity index is 1.86. The summed E-state index contributed by atoms with van der Waals surface area (Å²) in [6.45, 7) is 2.00. The van der Waals surface area contributed by atoms with Gasteiger partial charge in [-0.05, 0) is 38.1 Å². The van der Waals surface area contributed by atoms with E-state index in [-0.39, 0.29) is 17.0 Å². The Morgan fingerprint density at radius 1 is 1.06 bits per heavy atom. The summed E-state index contributed by atoms with van der Waals surface area (Å²) in [5.41, 5.74) is -0.120. The first kappa shape index (κ1) is 22.5. The van der Waals surface area contributed by atoms with Crippen LogP contribution < -0.4 is 5.32 Å². The summed E-state index contributed by atoms with van der Waals surface area (Å²) in [6.07, 6.45) is -5.26. The van der Waals surface area contributed by atoms with Crippen molar-refractivity contribution in [3.63, 3.8) is 0 Å². The Bertz CT molecular complexity index is 1380. The molecule has 170 valence electrons. The van der Waals surface area contributed by atoms with Gasteiger partial charge in [-0.1, -0.05) is 30.0 Å². The number of hydrogen-bond donors (Lipinski definition) is 1. The molecule has 0 aliphatic rings. The van der Waals surface area contributed by atoms with Gasteiger partial charge in [0.05, 0.1) is 22.9 Å². The monoisotopic (exact) mass is 459 g/mol. The molecule has 10 heteroatoms. The molecule has 0 saturated carbocycles. The zero-order chi connectivity index (χ0) is 23.8. The lowest BCUT2D eigenvalue weighted by atomic mass is 9.94. The molecule has 2 aromatic carbocycles. The highest BCUT2D eigenvalue weighted by Crippen LogP contribution is 2.30. The van der Waals surface area contributed by atoms with Crippen molar-refractivity contribution in [3.8, 4) is 23.2 Å². The molecule has 4 aromatic rings. The Morgan fingerprint density at radius 3 is 2.55 bits per heavy atom. The molecule has 0 fully saturated rings. The van der Waals surface area contributed by atoms with Crippen LogP contribution in [-0.2, 0) is 0 Å². The van der Waals surface area contributed by atoms with E-state index in [1.807, 2.05) is 0 Å². The largest absolute Gasteiger partial charge is 0.364 e. The number of nitrogens with one attached hydrogen (secondary N) is 1. The number of anilines is 1. The Morgan fingerprint density at radius 2 is 1.82 bits per heavy atom. The van der Waals surface area contributed by atoms with Crippen molar-refractivity contribution < 1.29 is 22.0 Å². The van der Waals surface area contributed by atoms with Gasteiger partial charge in [0.1, 0.15) is 11.6 Å². The van der Waals surface area contributed by atoms with Crippen LogP contribution in [-0.4, -0.2) is 39.0 Å². The second-order valence-electron chi connectivity index (χ2n) is 7.88. The molecule has 0 spiro atoms. The van der Waals surface area contributed by atoms with E-state index in [0.717, 1.165) is 0 Å². The summed E-state index contributed by atoms with van der Waals surface area (Å²) in [5, 5.41) is 10.6. The molecule has 0 unspecified atom stereocenters. The highest BCUT2D eigenvalue weighted by molar-refractivity contribution is 5.92. The third-order valence-electron chi connectivity index (χ3n) is 4.95. The van der Waals surface area contributed by atoms with Crippen LogP contribution in [0, 0.1) is 23.1 Å². The summed E-state index contributed by atoms with van der Waals surface area (Å²) in [7, 11) is 0. The maximum absolute atomic E-state index is 14.7. The van der Waals surface area contributed by atoms with Gasteiger partial charge in [0.15, 0.2) is 5.82 Å². The van der Waals surface area contributed by atoms with Crippen LogP contribution in [0.2, 0.25) is 0 Å². The van der Waals surface area contributed by atoms with Gasteiger partial charge in [0, 0.05) is 11.1 Å². The Labute approximate surface area is 185 Å². The smallest absolute Gasteiger partial charge is 0.257 e. The van der Waals surface area contributed by atoms with Crippen molar-refractivity contribution in [2.24, 2.45) is 5.41 Å². The number of hydrogen-bond acceptors (Lipinski definition) is 4. The van der Waals surface area contributed by atoms with Gasteiger partial charge < -0.3 is 5.32 Å². The molecule has 0 aliphatic carbocycles. The minimum absolute atomic E-state index is 0.0151. The van der Waals surface area contributed by atoms with Crippen LogP contribution in [0.25, 0.3) is 28.1 Å². The average Bonchev–Trinajstić information content (AvgIpc) is 3.20. The molecule has 33 heavy (non-hydrogen) atoms. The first-order chi connectivity index (χ1) is 15.7. The van der Waals surface area contributed by atoms with Gasteiger partial charge in [0.25, 0.3) is 18.6 Å². The third-order valence-corrected chi connectivity index (χ3v) is 4.95. The standard InChI is InChI=1S/C23H18F5N5/c1-23(2,21(27)28)10-9-13-5-3-6-14(11-13)20-31-32-22-30-19(29-12-17(25)26)18-15(24)7-4-8-16(18)33(20)22/h3-8,11,17,21H,12H2,1-2H3,(H,29,30,32). The molecule has 5 nitrogen and oxygen atoms in total. The van der Waals surface area contributed by atoms with Crippen LogP contribution in [0.5, 0.6) is 0 Å². The molecular formula is C23H18F5N5. The first-order valence-electron chi connectivity index (χ1n) is 9.94. The summed E-state index contributed by atoms with van der Waals surface area (Å²) in [4.78, 5) is 4.19. The summed E-state index contributed by atoms with van der Waals surface area (Å²) in [6, 6.07) is 11.0. The quantitative estimate of drug-likeness (QED) is 0.321. The predicted octanol–water partition coefficient (Wildman–Crippen LogP) is 5.40. The lowest BCUT2D eigenvalue weighted by molar-refractivity contribution is 0.0570. The normalized spacial score (nSPS) is 11.9. The van der Waals surface area contributed by atoms with Crippen molar-refractivity contribution >= 4 is 22.5 Å². The maximum Gasteiger partial charge on any atom is 0.257 e. The fraction of sp³-hybridized carbons (Fsp3) is 0.261. The molecule has 2 heterocycles. The molecular weight excluding hydrogens is 441 g/mol. The van der Waals surface area contributed by atoms with Gasteiger partial charge in [-0.3, -0.25) is 4.40 Å². The number of benzene rings is 2. The van der Waals surface area contributed by atoms with Gasteiger partial charge in [-0.15, -0.1) is 10.2 Å². The van der Waals surface area contributed by atoms with Crippen LogP contribution >= 0.6 is 0 Å². The van der Waals surface area contributed by atoms with Crippen LogP contribution in [0.3, 0.4) is 0 Å². The second kappa shape index (κ2) is 8.65. The molecule has 2 aromatic heterocycles. The number of fused-ring (bicyclic) bond motifs is 3.